The van der Waals surface area contributed by atoms with Crippen molar-refractivity contribution in [2.75, 3.05) is 10.0 Å². The predicted molar refractivity (Wildman–Crippen MR) is 126 cm³/mol. The summed E-state index contributed by atoms with van der Waals surface area (Å²) in [5, 5.41) is 3.47. The number of aryl methyl sites for hydroxylation is 2. The van der Waals surface area contributed by atoms with Gasteiger partial charge in [0.05, 0.1) is 16.6 Å². The largest absolute Gasteiger partial charge is 0.378 e. The molecule has 0 spiro atoms. The van der Waals surface area contributed by atoms with Crippen molar-refractivity contribution in [2.24, 2.45) is 5.92 Å². The minimum Gasteiger partial charge on any atom is -0.378 e. The molecule has 3 atom stereocenters. The van der Waals surface area contributed by atoms with Crippen molar-refractivity contribution in [3.63, 3.8) is 0 Å². The van der Waals surface area contributed by atoms with E-state index >= 15 is 0 Å². The topological polar surface area (TPSA) is 58.2 Å². The number of hydrogen-bond acceptors (Lipinski definition) is 3. The average Bonchev–Trinajstić information content (AvgIpc) is 3.26. The fourth-order valence-corrected chi connectivity index (χ4v) is 6.07. The van der Waals surface area contributed by atoms with Gasteiger partial charge >= 0.3 is 0 Å². The molecule has 2 aliphatic rings. The van der Waals surface area contributed by atoms with Gasteiger partial charge in [0.15, 0.2) is 0 Å². The van der Waals surface area contributed by atoms with Crippen LogP contribution in [0.15, 0.2) is 77.7 Å². The quantitative estimate of drug-likeness (QED) is 0.476. The molecule has 32 heavy (non-hydrogen) atoms. The second kappa shape index (κ2) is 7.78. The van der Waals surface area contributed by atoms with Crippen LogP contribution >= 0.6 is 0 Å². The Morgan fingerprint density at radius 3 is 2.59 bits per heavy atom. The number of hydrogen-bond donors (Lipinski definition) is 2. The van der Waals surface area contributed by atoms with E-state index in [1.165, 1.54) is 6.07 Å². The number of benzene rings is 3. The minimum absolute atomic E-state index is 0.0344. The van der Waals surface area contributed by atoms with Crippen molar-refractivity contribution in [3.8, 4) is 0 Å². The molecular formula is C26H25FN2O2S. The highest BCUT2D eigenvalue weighted by Gasteiger charge is 2.39. The zero-order valence-corrected chi connectivity index (χ0v) is 18.8. The van der Waals surface area contributed by atoms with Crippen LogP contribution in [0.1, 0.15) is 40.6 Å². The highest BCUT2D eigenvalue weighted by molar-refractivity contribution is 7.92. The third-order valence-electron chi connectivity index (χ3n) is 6.51. The van der Waals surface area contributed by atoms with Crippen LogP contribution in [0.3, 0.4) is 0 Å². The Balaban J connectivity index is 1.50. The van der Waals surface area contributed by atoms with Crippen LogP contribution in [0, 0.1) is 25.6 Å². The first kappa shape index (κ1) is 20.8. The lowest BCUT2D eigenvalue weighted by atomic mass is 9.77. The number of allylic oxidation sites excluding steroid dienone is 2. The van der Waals surface area contributed by atoms with Gasteiger partial charge in [0, 0.05) is 17.2 Å². The lowest BCUT2D eigenvalue weighted by Gasteiger charge is -2.37. The Kier molecular flexibility index (Phi) is 5.05. The highest BCUT2D eigenvalue weighted by atomic mass is 32.2. The third kappa shape index (κ3) is 3.58. The highest BCUT2D eigenvalue weighted by Crippen LogP contribution is 2.50. The van der Waals surface area contributed by atoms with Crippen LogP contribution in [-0.2, 0) is 10.0 Å². The molecule has 0 radical (unpaired) electrons. The van der Waals surface area contributed by atoms with E-state index in [-0.39, 0.29) is 28.6 Å². The van der Waals surface area contributed by atoms with E-state index in [0.29, 0.717) is 11.3 Å². The van der Waals surface area contributed by atoms with Crippen LogP contribution < -0.4 is 10.0 Å². The molecule has 0 fully saturated rings. The van der Waals surface area contributed by atoms with Crippen molar-refractivity contribution in [2.45, 2.75) is 37.1 Å². The van der Waals surface area contributed by atoms with Gasteiger partial charge in [0.2, 0.25) is 0 Å². The first-order valence-electron chi connectivity index (χ1n) is 10.7. The van der Waals surface area contributed by atoms with E-state index in [2.05, 4.69) is 22.2 Å². The maximum Gasteiger partial charge on any atom is 0.261 e. The van der Waals surface area contributed by atoms with Gasteiger partial charge in [-0.1, -0.05) is 48.0 Å². The van der Waals surface area contributed by atoms with Gasteiger partial charge in [0.1, 0.15) is 5.82 Å². The summed E-state index contributed by atoms with van der Waals surface area (Å²) in [5.74, 6) is -0.0623. The van der Waals surface area contributed by atoms with Crippen molar-refractivity contribution in [1.82, 2.24) is 0 Å². The molecule has 4 nitrogen and oxygen atoms in total. The molecule has 1 aliphatic heterocycles. The van der Waals surface area contributed by atoms with Gasteiger partial charge in [-0.15, -0.1) is 0 Å². The van der Waals surface area contributed by atoms with Gasteiger partial charge in [0.25, 0.3) is 10.0 Å². The first-order chi connectivity index (χ1) is 15.3. The maximum absolute atomic E-state index is 14.5. The minimum atomic E-state index is -3.75. The van der Waals surface area contributed by atoms with Crippen LogP contribution in [0.25, 0.3) is 0 Å². The molecule has 1 heterocycles. The Hall–Kier alpha value is -3.12. The molecule has 3 aromatic carbocycles. The van der Waals surface area contributed by atoms with E-state index < -0.39 is 10.0 Å². The fraction of sp³-hybridized carbons (Fsp3) is 0.231. The number of nitrogens with one attached hydrogen (secondary N) is 2. The van der Waals surface area contributed by atoms with E-state index in [1.54, 1.807) is 30.3 Å². The predicted octanol–water partition coefficient (Wildman–Crippen LogP) is 6.07. The van der Waals surface area contributed by atoms with Crippen molar-refractivity contribution in [1.29, 1.82) is 0 Å². The summed E-state index contributed by atoms with van der Waals surface area (Å²) in [7, 11) is -3.75. The molecule has 0 bridgehead atoms. The molecule has 0 saturated carbocycles. The SMILES string of the molecule is Cc1ccc(NS(=O)(=O)c2ccc3c(c2)[C@H]2C=CC[C@H]2[C@@H](c2ccccc2F)N3)c(C)c1. The summed E-state index contributed by atoms with van der Waals surface area (Å²) in [4.78, 5) is 0.224. The second-order valence-electron chi connectivity index (χ2n) is 8.67. The van der Waals surface area contributed by atoms with Crippen LogP contribution in [0.4, 0.5) is 15.8 Å². The summed E-state index contributed by atoms with van der Waals surface area (Å²) in [6.07, 6.45) is 5.04. The zero-order valence-electron chi connectivity index (χ0n) is 18.0. The summed E-state index contributed by atoms with van der Waals surface area (Å²) < 4.78 is 43.6. The molecule has 0 unspecified atom stereocenters. The molecule has 2 N–H and O–H groups in total. The van der Waals surface area contributed by atoms with Gasteiger partial charge in [-0.2, -0.15) is 0 Å². The Morgan fingerprint density at radius 1 is 1.00 bits per heavy atom. The van der Waals surface area contributed by atoms with Crippen molar-refractivity contribution < 1.29 is 12.8 Å². The van der Waals surface area contributed by atoms with Crippen molar-refractivity contribution >= 4 is 21.4 Å². The fourth-order valence-electron chi connectivity index (χ4n) is 4.91. The number of rotatable bonds is 4. The van der Waals surface area contributed by atoms with Gasteiger partial charge in [-0.05, 0) is 67.6 Å². The summed E-state index contributed by atoms with van der Waals surface area (Å²) in [6, 6.07) is 17.5. The Morgan fingerprint density at radius 2 is 1.81 bits per heavy atom. The van der Waals surface area contributed by atoms with Crippen molar-refractivity contribution in [3.05, 3.63) is 101 Å². The average molecular weight is 449 g/mol. The smallest absolute Gasteiger partial charge is 0.261 e. The van der Waals surface area contributed by atoms with E-state index in [1.807, 2.05) is 38.1 Å². The lowest BCUT2D eigenvalue weighted by molar-refractivity contribution is 0.413. The summed E-state index contributed by atoms with van der Waals surface area (Å²) >= 11 is 0. The van der Waals surface area contributed by atoms with E-state index in [0.717, 1.165) is 28.8 Å². The Bertz CT molecular complexity index is 1330. The summed E-state index contributed by atoms with van der Waals surface area (Å²) in [6.45, 7) is 3.86. The third-order valence-corrected chi connectivity index (χ3v) is 7.87. The summed E-state index contributed by atoms with van der Waals surface area (Å²) in [5.41, 5.74) is 4.94. The number of anilines is 2. The van der Waals surface area contributed by atoms with E-state index in [9.17, 15) is 12.8 Å². The maximum atomic E-state index is 14.5. The lowest BCUT2D eigenvalue weighted by Crippen LogP contribution is -2.30. The van der Waals surface area contributed by atoms with Gasteiger partial charge in [-0.3, -0.25) is 4.72 Å². The van der Waals surface area contributed by atoms with E-state index in [4.69, 9.17) is 0 Å². The Labute approximate surface area is 188 Å². The molecule has 6 heteroatoms. The monoisotopic (exact) mass is 448 g/mol. The molecule has 0 amide bonds. The van der Waals surface area contributed by atoms with Crippen LogP contribution in [0.5, 0.6) is 0 Å². The van der Waals surface area contributed by atoms with Gasteiger partial charge in [-0.25, -0.2) is 12.8 Å². The van der Waals surface area contributed by atoms with Crippen LogP contribution in [0.2, 0.25) is 0 Å². The zero-order chi connectivity index (χ0) is 22.5. The number of sulfonamides is 1. The molecular weight excluding hydrogens is 423 g/mol. The standard InChI is InChI=1S/C26H25FN2O2S/c1-16-10-12-24(17(2)14-16)29-32(30,31)18-11-13-25-22(15-18)19-7-5-8-20(19)26(28-25)21-6-3-4-9-23(21)27/h3-7,9-15,19-20,26,28-29H,8H2,1-2H3/t19-,20+,26-/m0/s1. The molecule has 164 valence electrons. The van der Waals surface area contributed by atoms with Crippen LogP contribution in [-0.4, -0.2) is 8.42 Å². The second-order valence-corrected chi connectivity index (χ2v) is 10.4. The normalized spacial score (nSPS) is 21.5. The molecule has 5 rings (SSSR count). The first-order valence-corrected chi connectivity index (χ1v) is 12.2. The number of halogens is 1. The molecule has 0 aromatic heterocycles. The molecule has 1 aliphatic carbocycles. The number of fused-ring (bicyclic) bond motifs is 3. The molecule has 3 aromatic rings. The molecule has 0 saturated heterocycles. The van der Waals surface area contributed by atoms with Gasteiger partial charge < -0.3 is 5.32 Å².